The number of hydrogen-bond donors (Lipinski definition) is 1. The summed E-state index contributed by atoms with van der Waals surface area (Å²) in [7, 11) is 0. The van der Waals surface area contributed by atoms with Crippen LogP contribution in [0.5, 0.6) is 0 Å². The van der Waals surface area contributed by atoms with Crippen molar-refractivity contribution >= 4 is 23.2 Å². The quantitative estimate of drug-likeness (QED) is 0.794. The van der Waals surface area contributed by atoms with Crippen molar-refractivity contribution in [1.82, 2.24) is 15.1 Å². The summed E-state index contributed by atoms with van der Waals surface area (Å²) < 4.78 is 0. The number of nitrogens with zero attached hydrogens (tertiary/aromatic N) is 3. The summed E-state index contributed by atoms with van der Waals surface area (Å²) in [5.41, 5.74) is 0. The summed E-state index contributed by atoms with van der Waals surface area (Å²) in [6.07, 6.45) is 1.99. The fourth-order valence-electron chi connectivity index (χ4n) is 1.45. The van der Waals surface area contributed by atoms with Crippen molar-refractivity contribution in [3.8, 4) is 0 Å². The van der Waals surface area contributed by atoms with Gasteiger partial charge in [0, 0.05) is 13.1 Å². The third kappa shape index (κ3) is 1.96. The maximum atomic E-state index is 11.7. The maximum absolute atomic E-state index is 11.7. The monoisotopic (exact) mass is 227 g/mol. The van der Waals surface area contributed by atoms with Gasteiger partial charge in [0.25, 0.3) is 5.91 Å². The molecule has 1 aliphatic heterocycles. The van der Waals surface area contributed by atoms with Crippen molar-refractivity contribution in [2.75, 3.05) is 13.1 Å². The summed E-state index contributed by atoms with van der Waals surface area (Å²) in [5.74, 6) is -1.36. The first kappa shape index (κ1) is 10.0. The van der Waals surface area contributed by atoms with E-state index in [0.29, 0.717) is 0 Å². The molecule has 0 aliphatic carbocycles. The van der Waals surface area contributed by atoms with Crippen LogP contribution >= 0.6 is 11.3 Å². The van der Waals surface area contributed by atoms with Gasteiger partial charge in [-0.15, -0.1) is 10.2 Å². The molecule has 1 N–H and O–H groups in total. The Balaban J connectivity index is 2.14. The molecular weight excluding hydrogens is 218 g/mol. The second kappa shape index (κ2) is 3.93. The molecule has 0 unspecified atom stereocenters. The average Bonchev–Trinajstić information content (AvgIpc) is 2.88. The predicted octanol–water partition coefficient (Wildman–Crippen LogP) is 0.472. The van der Waals surface area contributed by atoms with E-state index >= 15 is 0 Å². The lowest BCUT2D eigenvalue weighted by Gasteiger charge is -2.11. The Morgan fingerprint density at radius 2 is 1.80 bits per heavy atom. The number of carbonyl (C=O) groups excluding carboxylic acids is 1. The Labute approximate surface area is 89.5 Å². The number of carboxylic acids is 1. The fraction of sp³-hybridized carbons (Fsp3) is 0.500. The van der Waals surface area contributed by atoms with Crippen molar-refractivity contribution < 1.29 is 14.7 Å². The minimum atomic E-state index is -1.15. The van der Waals surface area contributed by atoms with Crippen LogP contribution in [0.1, 0.15) is 32.4 Å². The molecule has 6 nitrogen and oxygen atoms in total. The Kier molecular flexibility index (Phi) is 2.63. The number of likely N-dealkylation sites (tertiary alicyclic amines) is 1. The molecule has 1 amide bonds. The molecule has 1 saturated heterocycles. The lowest BCUT2D eigenvalue weighted by Crippen LogP contribution is -2.27. The summed E-state index contributed by atoms with van der Waals surface area (Å²) in [5, 5.41) is 15.7. The summed E-state index contributed by atoms with van der Waals surface area (Å²) in [6, 6.07) is 0. The van der Waals surface area contributed by atoms with Crippen molar-refractivity contribution in [3.63, 3.8) is 0 Å². The highest BCUT2D eigenvalue weighted by Gasteiger charge is 2.24. The van der Waals surface area contributed by atoms with Gasteiger partial charge in [0.05, 0.1) is 0 Å². The zero-order valence-electron chi connectivity index (χ0n) is 7.84. The van der Waals surface area contributed by atoms with Gasteiger partial charge in [0.15, 0.2) is 0 Å². The second-order valence-corrected chi connectivity index (χ2v) is 4.19. The molecule has 7 heteroatoms. The third-order valence-electron chi connectivity index (χ3n) is 2.18. The van der Waals surface area contributed by atoms with Gasteiger partial charge < -0.3 is 10.0 Å². The topological polar surface area (TPSA) is 83.4 Å². The van der Waals surface area contributed by atoms with Gasteiger partial charge in [-0.3, -0.25) is 4.79 Å². The normalized spacial score (nSPS) is 15.6. The fourth-order valence-corrected chi connectivity index (χ4v) is 2.10. The molecule has 2 heterocycles. The van der Waals surface area contributed by atoms with E-state index in [2.05, 4.69) is 10.2 Å². The highest BCUT2D eigenvalue weighted by atomic mass is 32.1. The van der Waals surface area contributed by atoms with Crippen molar-refractivity contribution in [2.24, 2.45) is 0 Å². The van der Waals surface area contributed by atoms with Gasteiger partial charge >= 0.3 is 5.97 Å². The van der Waals surface area contributed by atoms with Gasteiger partial charge in [-0.25, -0.2) is 4.79 Å². The number of hydrogen-bond acceptors (Lipinski definition) is 5. The van der Waals surface area contributed by atoms with Crippen LogP contribution in [0.2, 0.25) is 0 Å². The van der Waals surface area contributed by atoms with Crippen LogP contribution in [0.25, 0.3) is 0 Å². The van der Waals surface area contributed by atoms with Crippen molar-refractivity contribution in [2.45, 2.75) is 12.8 Å². The molecule has 1 aromatic rings. The minimum absolute atomic E-state index is 0.141. The van der Waals surface area contributed by atoms with Crippen LogP contribution in [0, 0.1) is 0 Å². The van der Waals surface area contributed by atoms with E-state index in [1.165, 1.54) is 0 Å². The Morgan fingerprint density at radius 1 is 1.20 bits per heavy atom. The third-order valence-corrected chi connectivity index (χ3v) is 3.08. The lowest BCUT2D eigenvalue weighted by molar-refractivity contribution is 0.0694. The number of aromatic carboxylic acids is 1. The van der Waals surface area contributed by atoms with Crippen LogP contribution in [0.15, 0.2) is 0 Å². The molecule has 0 spiro atoms. The Hall–Kier alpha value is -1.50. The molecule has 80 valence electrons. The summed E-state index contributed by atoms with van der Waals surface area (Å²) in [4.78, 5) is 23.9. The number of rotatable bonds is 2. The van der Waals surface area contributed by atoms with E-state index in [0.717, 1.165) is 37.3 Å². The van der Waals surface area contributed by atoms with E-state index in [1.54, 1.807) is 4.90 Å². The highest BCUT2D eigenvalue weighted by Crippen LogP contribution is 2.16. The molecule has 15 heavy (non-hydrogen) atoms. The van der Waals surface area contributed by atoms with E-state index in [4.69, 9.17) is 5.11 Å². The van der Waals surface area contributed by atoms with Gasteiger partial charge in [0.2, 0.25) is 10.0 Å². The molecule has 0 bridgehead atoms. The molecule has 0 aromatic carbocycles. The first-order valence-electron chi connectivity index (χ1n) is 4.54. The standard InChI is InChI=1S/C8H9N3O3S/c12-7(11-3-1-2-4-11)5-9-10-6(15-5)8(13)14/h1-4H2,(H,13,14). The number of amides is 1. The van der Waals surface area contributed by atoms with Crippen molar-refractivity contribution in [1.29, 1.82) is 0 Å². The summed E-state index contributed by atoms with van der Waals surface area (Å²) in [6.45, 7) is 1.45. The number of carboxylic acid groups (broad SMARTS) is 1. The molecular formula is C8H9N3O3S. The molecule has 0 saturated carbocycles. The van der Waals surface area contributed by atoms with Crippen LogP contribution in [-0.2, 0) is 0 Å². The molecule has 1 fully saturated rings. The first-order chi connectivity index (χ1) is 7.18. The molecule has 0 atom stereocenters. The smallest absolute Gasteiger partial charge is 0.367 e. The zero-order chi connectivity index (χ0) is 10.8. The maximum Gasteiger partial charge on any atom is 0.367 e. The summed E-state index contributed by atoms with van der Waals surface area (Å²) >= 11 is 0.823. The largest absolute Gasteiger partial charge is 0.476 e. The minimum Gasteiger partial charge on any atom is -0.476 e. The molecule has 0 radical (unpaired) electrons. The van der Waals surface area contributed by atoms with Gasteiger partial charge in [-0.1, -0.05) is 11.3 Å². The molecule has 1 aromatic heterocycles. The van der Waals surface area contributed by atoms with E-state index in [9.17, 15) is 9.59 Å². The van der Waals surface area contributed by atoms with Crippen LogP contribution < -0.4 is 0 Å². The van der Waals surface area contributed by atoms with Crippen molar-refractivity contribution in [3.05, 3.63) is 10.0 Å². The lowest BCUT2D eigenvalue weighted by atomic mass is 10.4. The van der Waals surface area contributed by atoms with E-state index in [-0.39, 0.29) is 15.9 Å². The SMILES string of the molecule is O=C(O)c1nnc(C(=O)N2CCCC2)s1. The number of carbonyl (C=O) groups is 2. The first-order valence-corrected chi connectivity index (χ1v) is 5.36. The number of aromatic nitrogens is 2. The van der Waals surface area contributed by atoms with Gasteiger partial charge in [-0.05, 0) is 12.8 Å². The highest BCUT2D eigenvalue weighted by molar-refractivity contribution is 7.15. The molecule has 1 aliphatic rings. The zero-order valence-corrected chi connectivity index (χ0v) is 8.66. The predicted molar refractivity (Wildman–Crippen MR) is 52.0 cm³/mol. The van der Waals surface area contributed by atoms with E-state index in [1.807, 2.05) is 0 Å². The Morgan fingerprint density at radius 3 is 2.33 bits per heavy atom. The molecule has 2 rings (SSSR count). The average molecular weight is 227 g/mol. The van der Waals surface area contributed by atoms with Gasteiger partial charge in [0.1, 0.15) is 0 Å². The van der Waals surface area contributed by atoms with Crippen LogP contribution in [0.3, 0.4) is 0 Å². The second-order valence-electron chi connectivity index (χ2n) is 3.22. The van der Waals surface area contributed by atoms with E-state index < -0.39 is 5.97 Å². The van der Waals surface area contributed by atoms with Gasteiger partial charge in [-0.2, -0.15) is 0 Å². The van der Waals surface area contributed by atoms with Crippen LogP contribution in [0.4, 0.5) is 0 Å². The van der Waals surface area contributed by atoms with Crippen LogP contribution in [-0.4, -0.2) is 45.2 Å². The Bertz CT molecular complexity index is 398.